The second-order valence-corrected chi connectivity index (χ2v) is 12.8. The van der Waals surface area contributed by atoms with E-state index in [2.05, 4.69) is 51.5 Å². The van der Waals surface area contributed by atoms with Gasteiger partial charge < -0.3 is 14.2 Å². The summed E-state index contributed by atoms with van der Waals surface area (Å²) in [5.41, 5.74) is -0.675. The van der Waals surface area contributed by atoms with Crippen molar-refractivity contribution in [2.45, 2.75) is 143 Å². The van der Waals surface area contributed by atoms with Crippen molar-refractivity contribution < 1.29 is 28.6 Å². The minimum Gasteiger partial charge on any atom is -0.469 e. The van der Waals surface area contributed by atoms with Crippen LogP contribution in [0.4, 0.5) is 0 Å². The Bertz CT molecular complexity index is 742. The van der Waals surface area contributed by atoms with Gasteiger partial charge in [0.15, 0.2) is 0 Å². The smallest absolute Gasteiger partial charge is 0.305 e. The zero-order valence-corrected chi connectivity index (χ0v) is 25.1. The number of hydrogen-bond donors (Lipinski definition) is 0. The maximum atomic E-state index is 13.1. The van der Waals surface area contributed by atoms with Crippen LogP contribution >= 0.6 is 0 Å². The third kappa shape index (κ3) is 14.3. The van der Waals surface area contributed by atoms with Crippen LogP contribution in [0.15, 0.2) is 12.2 Å². The van der Waals surface area contributed by atoms with Crippen LogP contribution in [0.3, 0.4) is 0 Å². The van der Waals surface area contributed by atoms with E-state index in [1.807, 2.05) is 20.8 Å². The van der Waals surface area contributed by atoms with Gasteiger partial charge in [-0.2, -0.15) is 0 Å². The summed E-state index contributed by atoms with van der Waals surface area (Å²) in [6.07, 6.45) is 10.8. The minimum absolute atomic E-state index is 0.0625. The lowest BCUT2D eigenvalue weighted by Crippen LogP contribution is -2.32. The summed E-state index contributed by atoms with van der Waals surface area (Å²) in [6, 6.07) is 0. The van der Waals surface area contributed by atoms with Crippen LogP contribution in [0.25, 0.3) is 0 Å². The van der Waals surface area contributed by atoms with E-state index in [1.165, 1.54) is 26.4 Å². The Morgan fingerprint density at radius 1 is 1.03 bits per heavy atom. The molecule has 0 N–H and O–H groups in total. The van der Waals surface area contributed by atoms with Gasteiger partial charge in [0.1, 0.15) is 11.6 Å². The summed E-state index contributed by atoms with van der Waals surface area (Å²) in [7, 11) is 1.37. The van der Waals surface area contributed by atoms with Crippen molar-refractivity contribution in [1.29, 1.82) is 0 Å². The molecule has 214 valence electrons. The van der Waals surface area contributed by atoms with E-state index in [1.54, 1.807) is 0 Å². The minimum atomic E-state index is -0.389. The van der Waals surface area contributed by atoms with E-state index in [0.717, 1.165) is 6.42 Å². The molecule has 0 bridgehead atoms. The third-order valence-corrected chi connectivity index (χ3v) is 6.71. The van der Waals surface area contributed by atoms with E-state index in [-0.39, 0.29) is 59.2 Å². The van der Waals surface area contributed by atoms with Crippen LogP contribution in [-0.4, -0.2) is 48.1 Å². The van der Waals surface area contributed by atoms with Crippen LogP contribution in [0.1, 0.15) is 120 Å². The molecule has 1 fully saturated rings. The zero-order chi connectivity index (χ0) is 28.2. The van der Waals surface area contributed by atoms with Gasteiger partial charge in [0.25, 0.3) is 0 Å². The average Bonchev–Trinajstić information content (AvgIpc) is 3.04. The molecule has 0 radical (unpaired) electrons. The number of ether oxygens (including phenoxy) is 3. The molecule has 0 aromatic heterocycles. The number of esters is 1. The number of rotatable bonds is 16. The summed E-state index contributed by atoms with van der Waals surface area (Å²) in [5, 5.41) is 0. The van der Waals surface area contributed by atoms with Crippen molar-refractivity contribution in [2.24, 2.45) is 17.8 Å². The number of hydrogen-bond acceptors (Lipinski definition) is 6. The van der Waals surface area contributed by atoms with Gasteiger partial charge in [0.2, 0.25) is 0 Å². The molecule has 6 nitrogen and oxygen atoms in total. The van der Waals surface area contributed by atoms with Crippen molar-refractivity contribution >= 4 is 17.5 Å². The van der Waals surface area contributed by atoms with Gasteiger partial charge in [-0.05, 0) is 66.7 Å². The first-order valence-corrected chi connectivity index (χ1v) is 14.3. The first-order valence-electron chi connectivity index (χ1n) is 14.3. The summed E-state index contributed by atoms with van der Waals surface area (Å²) in [4.78, 5) is 37.2. The first kappa shape index (κ1) is 33.5. The monoisotopic (exact) mass is 522 g/mol. The molecular weight excluding hydrogens is 468 g/mol. The predicted molar refractivity (Wildman–Crippen MR) is 148 cm³/mol. The molecule has 0 saturated heterocycles. The highest BCUT2D eigenvalue weighted by Crippen LogP contribution is 2.38. The fourth-order valence-electron chi connectivity index (χ4n) is 5.02. The average molecular weight is 523 g/mol. The van der Waals surface area contributed by atoms with Crippen LogP contribution < -0.4 is 0 Å². The highest BCUT2D eigenvalue weighted by Gasteiger charge is 2.44. The van der Waals surface area contributed by atoms with Crippen molar-refractivity contribution in [3.05, 3.63) is 12.2 Å². The molecule has 1 aliphatic rings. The number of carbonyl (C=O) groups excluding carboxylic acids is 3. The molecule has 2 unspecified atom stereocenters. The van der Waals surface area contributed by atoms with E-state index in [9.17, 15) is 14.4 Å². The zero-order valence-electron chi connectivity index (χ0n) is 25.1. The van der Waals surface area contributed by atoms with Crippen LogP contribution in [0, 0.1) is 17.8 Å². The maximum absolute atomic E-state index is 13.1. The highest BCUT2D eigenvalue weighted by atomic mass is 16.5. The SMILES string of the molecule is CCCC[C@H](C)CC(/C=C/[C@H]1C(OC(C)(C)C)CC(=O)[C@@H]1CC(=O)CCCCC(=O)OC)OC(C)(C)C. The van der Waals surface area contributed by atoms with E-state index in [4.69, 9.17) is 9.47 Å². The number of methoxy groups -OCH3 is 1. The van der Waals surface area contributed by atoms with Crippen molar-refractivity contribution in [1.82, 2.24) is 0 Å². The summed E-state index contributed by atoms with van der Waals surface area (Å²) in [5.74, 6) is -0.120. The molecule has 1 aliphatic carbocycles. The van der Waals surface area contributed by atoms with Gasteiger partial charge in [-0.25, -0.2) is 0 Å². The molecule has 5 atom stereocenters. The number of ketones is 2. The number of carbonyl (C=O) groups is 3. The molecule has 6 heteroatoms. The predicted octanol–water partition coefficient (Wildman–Crippen LogP) is 7.02. The highest BCUT2D eigenvalue weighted by molar-refractivity contribution is 5.90. The normalized spacial score (nSPS) is 22.4. The second kappa shape index (κ2) is 15.8. The fourth-order valence-corrected chi connectivity index (χ4v) is 5.02. The topological polar surface area (TPSA) is 78.9 Å². The number of Topliss-reactive ketones (excluding diaryl/α,β-unsaturated/α-hetero) is 2. The van der Waals surface area contributed by atoms with Crippen molar-refractivity contribution in [3.63, 3.8) is 0 Å². The van der Waals surface area contributed by atoms with E-state index < -0.39 is 0 Å². The lowest BCUT2D eigenvalue weighted by molar-refractivity contribution is -0.140. The molecule has 0 aliphatic heterocycles. The Morgan fingerprint density at radius 2 is 1.68 bits per heavy atom. The Labute approximate surface area is 226 Å². The van der Waals surface area contributed by atoms with Gasteiger partial charge in [0, 0.05) is 37.5 Å². The van der Waals surface area contributed by atoms with Crippen LogP contribution in [0.2, 0.25) is 0 Å². The summed E-state index contributed by atoms with van der Waals surface area (Å²) >= 11 is 0. The Kier molecular flexibility index (Phi) is 14.3. The van der Waals surface area contributed by atoms with Crippen molar-refractivity contribution in [2.75, 3.05) is 7.11 Å². The third-order valence-electron chi connectivity index (χ3n) is 6.71. The summed E-state index contributed by atoms with van der Waals surface area (Å²) in [6.45, 7) is 16.7. The first-order chi connectivity index (χ1) is 17.1. The Hall–Kier alpha value is -1.53. The van der Waals surface area contributed by atoms with Gasteiger partial charge in [-0.15, -0.1) is 0 Å². The Morgan fingerprint density at radius 3 is 2.24 bits per heavy atom. The van der Waals surface area contributed by atoms with Crippen LogP contribution in [0.5, 0.6) is 0 Å². The van der Waals surface area contributed by atoms with E-state index in [0.29, 0.717) is 38.0 Å². The molecule has 1 rings (SSSR count). The molecular formula is C31H54O6. The molecule has 37 heavy (non-hydrogen) atoms. The maximum Gasteiger partial charge on any atom is 0.305 e. The van der Waals surface area contributed by atoms with E-state index >= 15 is 0 Å². The van der Waals surface area contributed by atoms with Crippen LogP contribution in [-0.2, 0) is 28.6 Å². The lowest BCUT2D eigenvalue weighted by atomic mass is 9.87. The van der Waals surface area contributed by atoms with Gasteiger partial charge >= 0.3 is 5.97 Å². The van der Waals surface area contributed by atoms with Gasteiger partial charge in [0.05, 0.1) is 30.5 Å². The molecule has 0 spiro atoms. The fraction of sp³-hybridized carbons (Fsp3) is 0.839. The van der Waals surface area contributed by atoms with Crippen molar-refractivity contribution in [3.8, 4) is 0 Å². The standard InChI is InChI=1S/C31H54O6/c1-10-11-14-22(2)19-24(36-30(3,4)5)17-18-25-26(27(33)21-28(25)37-31(6,7)8)20-23(32)15-12-13-16-29(34)35-9/h17-18,22,24-26,28H,10-16,19-21H2,1-9H3/b18-17+/t22-,24?,25+,26+,28?/m0/s1. The Balaban J connectivity index is 3.02. The molecule has 0 heterocycles. The molecule has 0 amide bonds. The molecule has 0 aromatic rings. The second-order valence-electron chi connectivity index (χ2n) is 12.8. The lowest BCUT2D eigenvalue weighted by Gasteiger charge is -2.30. The molecule has 0 aromatic carbocycles. The molecule has 1 saturated carbocycles. The van der Waals surface area contributed by atoms with Gasteiger partial charge in [-0.1, -0.05) is 45.3 Å². The largest absolute Gasteiger partial charge is 0.469 e. The summed E-state index contributed by atoms with van der Waals surface area (Å²) < 4.78 is 17.4. The number of unbranched alkanes of at least 4 members (excludes halogenated alkanes) is 2. The van der Waals surface area contributed by atoms with Gasteiger partial charge in [-0.3, -0.25) is 14.4 Å². The quantitative estimate of drug-likeness (QED) is 0.123.